The number of aryl methyl sites for hydroxylation is 1. The molecule has 0 saturated carbocycles. The van der Waals surface area contributed by atoms with Crippen LogP contribution in [0.1, 0.15) is 44.1 Å². The van der Waals surface area contributed by atoms with Crippen molar-refractivity contribution in [3.63, 3.8) is 0 Å². The van der Waals surface area contributed by atoms with Gasteiger partial charge in [-0.3, -0.25) is 4.90 Å². The average Bonchev–Trinajstić information content (AvgIpc) is 3.09. The van der Waals surface area contributed by atoms with Crippen LogP contribution in [0.15, 0.2) is 10.6 Å². The molecule has 0 amide bonds. The lowest BCUT2D eigenvalue weighted by Gasteiger charge is -2.42. The van der Waals surface area contributed by atoms with E-state index in [4.69, 9.17) is 14.0 Å². The van der Waals surface area contributed by atoms with Crippen LogP contribution in [0.25, 0.3) is 0 Å². The van der Waals surface area contributed by atoms with Crippen molar-refractivity contribution in [3.8, 4) is 0 Å². The SMILES string of the molecule is CCOCC[C@@H]1CCOC12CCN(Cc1cc(C)on1)CC2. The molecule has 124 valence electrons. The molecule has 5 heteroatoms. The monoisotopic (exact) mass is 308 g/mol. The minimum absolute atomic E-state index is 0.105. The van der Waals surface area contributed by atoms with Gasteiger partial charge in [0.1, 0.15) is 5.76 Å². The van der Waals surface area contributed by atoms with Crippen LogP contribution in [0, 0.1) is 12.8 Å². The van der Waals surface area contributed by atoms with Gasteiger partial charge in [-0.05, 0) is 45.4 Å². The van der Waals surface area contributed by atoms with Gasteiger partial charge < -0.3 is 14.0 Å². The second-order valence-electron chi connectivity index (χ2n) is 6.59. The van der Waals surface area contributed by atoms with E-state index in [0.29, 0.717) is 5.92 Å². The minimum atomic E-state index is 0.105. The van der Waals surface area contributed by atoms with E-state index in [1.165, 1.54) is 6.42 Å². The number of ether oxygens (including phenoxy) is 2. The van der Waals surface area contributed by atoms with Crippen molar-refractivity contribution in [2.75, 3.05) is 32.9 Å². The summed E-state index contributed by atoms with van der Waals surface area (Å²) in [5.41, 5.74) is 1.14. The molecule has 0 N–H and O–H groups in total. The van der Waals surface area contributed by atoms with E-state index in [2.05, 4.69) is 17.0 Å². The molecule has 3 rings (SSSR count). The molecule has 0 aliphatic carbocycles. The van der Waals surface area contributed by atoms with E-state index in [1.807, 2.05) is 13.0 Å². The third-order valence-electron chi connectivity index (χ3n) is 5.18. The fourth-order valence-corrected chi connectivity index (χ4v) is 3.93. The van der Waals surface area contributed by atoms with Crippen LogP contribution in [-0.4, -0.2) is 48.6 Å². The summed E-state index contributed by atoms with van der Waals surface area (Å²) < 4.78 is 16.9. The summed E-state index contributed by atoms with van der Waals surface area (Å²) >= 11 is 0. The first kappa shape index (κ1) is 16.0. The highest BCUT2D eigenvalue weighted by Crippen LogP contribution is 2.42. The summed E-state index contributed by atoms with van der Waals surface area (Å²) in [5, 5.41) is 4.10. The summed E-state index contributed by atoms with van der Waals surface area (Å²) in [6.45, 7) is 9.64. The lowest BCUT2D eigenvalue weighted by atomic mass is 9.78. The lowest BCUT2D eigenvalue weighted by molar-refractivity contribution is -0.0730. The summed E-state index contributed by atoms with van der Waals surface area (Å²) in [7, 11) is 0. The molecule has 22 heavy (non-hydrogen) atoms. The standard InChI is InChI=1S/C17H28N2O3/c1-3-20-10-4-15-5-11-21-17(15)6-8-19(9-7-17)13-16-12-14(2)22-18-16/h12,15H,3-11,13H2,1-2H3/t15-/m1/s1. The van der Waals surface area contributed by atoms with Gasteiger partial charge in [0.15, 0.2) is 0 Å². The Morgan fingerprint density at radius 3 is 2.91 bits per heavy atom. The molecule has 2 saturated heterocycles. The Kier molecular flexibility index (Phi) is 5.16. The Bertz CT molecular complexity index is 466. The van der Waals surface area contributed by atoms with Crippen molar-refractivity contribution in [1.82, 2.24) is 10.1 Å². The Labute approximate surface area is 132 Å². The van der Waals surface area contributed by atoms with Gasteiger partial charge in [0.25, 0.3) is 0 Å². The molecule has 2 aliphatic heterocycles. The van der Waals surface area contributed by atoms with Crippen LogP contribution in [0.2, 0.25) is 0 Å². The molecule has 0 aromatic carbocycles. The van der Waals surface area contributed by atoms with Crippen molar-refractivity contribution >= 4 is 0 Å². The van der Waals surface area contributed by atoms with Crippen LogP contribution in [0.4, 0.5) is 0 Å². The highest BCUT2D eigenvalue weighted by molar-refractivity contribution is 5.04. The molecule has 2 aliphatic rings. The van der Waals surface area contributed by atoms with Crippen molar-refractivity contribution in [2.45, 2.75) is 51.7 Å². The Morgan fingerprint density at radius 1 is 1.41 bits per heavy atom. The van der Waals surface area contributed by atoms with Crippen molar-refractivity contribution in [2.24, 2.45) is 5.92 Å². The van der Waals surface area contributed by atoms with Crippen LogP contribution < -0.4 is 0 Å². The van der Waals surface area contributed by atoms with Gasteiger partial charge >= 0.3 is 0 Å². The van der Waals surface area contributed by atoms with E-state index < -0.39 is 0 Å². The zero-order valence-electron chi connectivity index (χ0n) is 13.8. The van der Waals surface area contributed by atoms with Gasteiger partial charge in [-0.2, -0.15) is 0 Å². The van der Waals surface area contributed by atoms with Gasteiger partial charge in [0.2, 0.25) is 0 Å². The molecule has 1 atom stereocenters. The van der Waals surface area contributed by atoms with Gasteiger partial charge in [0.05, 0.1) is 11.3 Å². The number of aromatic nitrogens is 1. The van der Waals surface area contributed by atoms with Crippen molar-refractivity contribution in [3.05, 3.63) is 17.5 Å². The molecule has 3 heterocycles. The zero-order chi connectivity index (χ0) is 15.4. The molecule has 5 nitrogen and oxygen atoms in total. The molecule has 1 aromatic rings. The quantitative estimate of drug-likeness (QED) is 0.756. The maximum atomic E-state index is 6.21. The van der Waals surface area contributed by atoms with Gasteiger partial charge in [-0.25, -0.2) is 0 Å². The molecule has 1 aromatic heterocycles. The number of piperidine rings is 1. The Hall–Kier alpha value is -0.910. The second-order valence-corrected chi connectivity index (χ2v) is 6.59. The molecule has 0 unspecified atom stereocenters. The average molecular weight is 308 g/mol. The van der Waals surface area contributed by atoms with Crippen molar-refractivity contribution < 1.29 is 14.0 Å². The third kappa shape index (κ3) is 3.53. The summed E-state index contributed by atoms with van der Waals surface area (Å²) in [6, 6.07) is 2.03. The van der Waals surface area contributed by atoms with Crippen LogP contribution in [0.5, 0.6) is 0 Å². The smallest absolute Gasteiger partial charge is 0.133 e. The number of likely N-dealkylation sites (tertiary alicyclic amines) is 1. The molecule has 1 spiro atoms. The predicted octanol–water partition coefficient (Wildman–Crippen LogP) is 2.78. The Morgan fingerprint density at radius 2 is 2.23 bits per heavy atom. The maximum absolute atomic E-state index is 6.21. The van der Waals surface area contributed by atoms with Gasteiger partial charge in [-0.15, -0.1) is 0 Å². The summed E-state index contributed by atoms with van der Waals surface area (Å²) in [5.74, 6) is 1.55. The molecular weight excluding hydrogens is 280 g/mol. The van der Waals surface area contributed by atoms with E-state index >= 15 is 0 Å². The van der Waals surface area contributed by atoms with Crippen LogP contribution in [-0.2, 0) is 16.0 Å². The normalized spacial score (nSPS) is 25.1. The minimum Gasteiger partial charge on any atom is -0.382 e. The second kappa shape index (κ2) is 7.11. The van der Waals surface area contributed by atoms with Gasteiger partial charge in [0, 0.05) is 45.5 Å². The van der Waals surface area contributed by atoms with E-state index in [0.717, 1.165) is 70.2 Å². The highest BCUT2D eigenvalue weighted by Gasteiger charge is 2.45. The molecule has 0 bridgehead atoms. The summed E-state index contributed by atoms with van der Waals surface area (Å²) in [4.78, 5) is 2.46. The van der Waals surface area contributed by atoms with Gasteiger partial charge in [-0.1, -0.05) is 5.16 Å². The first-order chi connectivity index (χ1) is 10.7. The number of hydrogen-bond donors (Lipinski definition) is 0. The Balaban J connectivity index is 1.51. The fraction of sp³-hybridized carbons (Fsp3) is 0.824. The van der Waals surface area contributed by atoms with Crippen molar-refractivity contribution in [1.29, 1.82) is 0 Å². The third-order valence-corrected chi connectivity index (χ3v) is 5.18. The zero-order valence-corrected chi connectivity index (χ0v) is 13.8. The molecule has 0 radical (unpaired) electrons. The maximum Gasteiger partial charge on any atom is 0.133 e. The van der Waals surface area contributed by atoms with E-state index in [-0.39, 0.29) is 5.60 Å². The predicted molar refractivity (Wildman–Crippen MR) is 83.7 cm³/mol. The number of hydrogen-bond acceptors (Lipinski definition) is 5. The van der Waals surface area contributed by atoms with E-state index in [9.17, 15) is 0 Å². The van der Waals surface area contributed by atoms with Crippen LogP contribution in [0.3, 0.4) is 0 Å². The topological polar surface area (TPSA) is 47.7 Å². The molecular formula is C17H28N2O3. The van der Waals surface area contributed by atoms with Crippen LogP contribution >= 0.6 is 0 Å². The van der Waals surface area contributed by atoms with E-state index in [1.54, 1.807) is 0 Å². The number of rotatable bonds is 6. The highest BCUT2D eigenvalue weighted by atomic mass is 16.5. The number of nitrogens with zero attached hydrogens (tertiary/aromatic N) is 2. The largest absolute Gasteiger partial charge is 0.382 e. The lowest BCUT2D eigenvalue weighted by Crippen LogP contribution is -2.47. The fourth-order valence-electron chi connectivity index (χ4n) is 3.93. The summed E-state index contributed by atoms with van der Waals surface area (Å²) in [6.07, 6.45) is 4.58. The first-order valence-corrected chi connectivity index (χ1v) is 8.58. The first-order valence-electron chi connectivity index (χ1n) is 8.58. The molecule has 2 fully saturated rings.